The van der Waals surface area contributed by atoms with Crippen molar-refractivity contribution >= 4 is 0 Å². The fraction of sp³-hybridized carbons (Fsp3) is 0.538. The second-order valence-corrected chi connectivity index (χ2v) is 4.69. The molecule has 5 heteroatoms. The standard InChI is InChI=1S/C13H18N4O/c1(5-16-7-3-14-11-16)6-17-8-4-15-13(17)12-2-9-18-10-12/h3-4,7-8,11-12H,1-2,5-6,9-10H2/t12-/m0/s1. The Hall–Kier alpha value is -1.62. The maximum Gasteiger partial charge on any atom is 0.114 e. The molecule has 0 amide bonds. The van der Waals surface area contributed by atoms with Crippen LogP contribution in [0.1, 0.15) is 24.6 Å². The molecule has 0 unspecified atom stereocenters. The second kappa shape index (κ2) is 5.35. The molecule has 0 N–H and O–H groups in total. The Bertz CT molecular complexity index is 471. The van der Waals surface area contributed by atoms with Gasteiger partial charge in [-0.3, -0.25) is 0 Å². The molecular weight excluding hydrogens is 228 g/mol. The summed E-state index contributed by atoms with van der Waals surface area (Å²) in [5.74, 6) is 1.66. The van der Waals surface area contributed by atoms with Crippen LogP contribution in [0, 0.1) is 0 Å². The Morgan fingerprint density at radius 2 is 2.28 bits per heavy atom. The molecule has 2 aromatic rings. The number of ether oxygens (including phenoxy) is 1. The van der Waals surface area contributed by atoms with Crippen molar-refractivity contribution in [2.45, 2.75) is 31.8 Å². The predicted octanol–water partition coefficient (Wildman–Crippen LogP) is 1.67. The summed E-state index contributed by atoms with van der Waals surface area (Å²) in [4.78, 5) is 8.52. The van der Waals surface area contributed by atoms with Gasteiger partial charge in [0.15, 0.2) is 0 Å². The first kappa shape index (κ1) is 11.5. The molecule has 0 radical (unpaired) electrons. The van der Waals surface area contributed by atoms with Crippen molar-refractivity contribution in [3.05, 3.63) is 36.9 Å². The van der Waals surface area contributed by atoms with E-state index in [2.05, 4.69) is 25.3 Å². The highest BCUT2D eigenvalue weighted by molar-refractivity contribution is 5.02. The normalized spacial score (nSPS) is 19.4. The molecule has 1 fully saturated rings. The lowest BCUT2D eigenvalue weighted by Crippen LogP contribution is -2.10. The minimum atomic E-state index is 0.480. The first-order chi connectivity index (χ1) is 8.93. The van der Waals surface area contributed by atoms with Crippen molar-refractivity contribution in [3.8, 4) is 0 Å². The lowest BCUT2D eigenvalue weighted by Gasteiger charge is -2.11. The average Bonchev–Trinajstić information content (AvgIpc) is 3.12. The zero-order chi connectivity index (χ0) is 12.2. The van der Waals surface area contributed by atoms with Crippen molar-refractivity contribution in [1.82, 2.24) is 19.1 Å². The Kier molecular flexibility index (Phi) is 3.41. The number of rotatable bonds is 5. The van der Waals surface area contributed by atoms with Crippen LogP contribution >= 0.6 is 0 Å². The minimum Gasteiger partial charge on any atom is -0.381 e. The molecule has 0 spiro atoms. The van der Waals surface area contributed by atoms with Crippen molar-refractivity contribution < 1.29 is 4.74 Å². The molecule has 1 aliphatic rings. The Labute approximate surface area is 106 Å². The zero-order valence-electron chi connectivity index (χ0n) is 10.4. The fourth-order valence-corrected chi connectivity index (χ4v) is 2.45. The summed E-state index contributed by atoms with van der Waals surface area (Å²) in [5, 5.41) is 0. The van der Waals surface area contributed by atoms with Gasteiger partial charge in [0.05, 0.1) is 12.9 Å². The lowest BCUT2D eigenvalue weighted by molar-refractivity contribution is 0.192. The average molecular weight is 246 g/mol. The second-order valence-electron chi connectivity index (χ2n) is 4.69. The number of imidazole rings is 2. The number of nitrogens with zero attached hydrogens (tertiary/aromatic N) is 4. The minimum absolute atomic E-state index is 0.480. The van der Waals surface area contributed by atoms with Gasteiger partial charge in [0, 0.05) is 50.4 Å². The molecule has 2 aromatic heterocycles. The van der Waals surface area contributed by atoms with E-state index in [4.69, 9.17) is 4.74 Å². The fourth-order valence-electron chi connectivity index (χ4n) is 2.45. The van der Waals surface area contributed by atoms with Crippen molar-refractivity contribution in [1.29, 1.82) is 0 Å². The van der Waals surface area contributed by atoms with Gasteiger partial charge in [-0.1, -0.05) is 0 Å². The van der Waals surface area contributed by atoms with Gasteiger partial charge >= 0.3 is 0 Å². The smallest absolute Gasteiger partial charge is 0.114 e. The molecule has 18 heavy (non-hydrogen) atoms. The maximum absolute atomic E-state index is 5.43. The third-order valence-corrected chi connectivity index (χ3v) is 3.42. The van der Waals surface area contributed by atoms with Gasteiger partial charge < -0.3 is 13.9 Å². The van der Waals surface area contributed by atoms with Gasteiger partial charge in [-0.05, 0) is 12.8 Å². The zero-order valence-corrected chi connectivity index (χ0v) is 10.4. The van der Waals surface area contributed by atoms with E-state index in [1.807, 2.05) is 24.9 Å². The summed E-state index contributed by atoms with van der Waals surface area (Å²) in [5.41, 5.74) is 0. The van der Waals surface area contributed by atoms with Crippen molar-refractivity contribution in [3.63, 3.8) is 0 Å². The predicted molar refractivity (Wildman–Crippen MR) is 67.2 cm³/mol. The highest BCUT2D eigenvalue weighted by atomic mass is 16.5. The molecule has 1 saturated heterocycles. The topological polar surface area (TPSA) is 44.9 Å². The van der Waals surface area contributed by atoms with E-state index in [0.29, 0.717) is 5.92 Å². The van der Waals surface area contributed by atoms with E-state index in [-0.39, 0.29) is 0 Å². The Balaban J connectivity index is 1.57. The van der Waals surface area contributed by atoms with Crippen molar-refractivity contribution in [2.75, 3.05) is 13.2 Å². The van der Waals surface area contributed by atoms with Crippen LogP contribution in [0.2, 0.25) is 0 Å². The number of hydrogen-bond acceptors (Lipinski definition) is 3. The first-order valence-electron chi connectivity index (χ1n) is 6.48. The summed E-state index contributed by atoms with van der Waals surface area (Å²) in [7, 11) is 0. The summed E-state index contributed by atoms with van der Waals surface area (Å²) < 4.78 is 9.80. The lowest BCUT2D eigenvalue weighted by atomic mass is 10.1. The van der Waals surface area contributed by atoms with Gasteiger partial charge in [-0.25, -0.2) is 9.97 Å². The monoisotopic (exact) mass is 246 g/mol. The molecule has 1 aliphatic heterocycles. The van der Waals surface area contributed by atoms with Crippen LogP contribution in [-0.4, -0.2) is 32.3 Å². The van der Waals surface area contributed by atoms with E-state index in [1.54, 1.807) is 0 Å². The van der Waals surface area contributed by atoms with E-state index in [1.165, 1.54) is 5.82 Å². The summed E-state index contributed by atoms with van der Waals surface area (Å²) in [6.45, 7) is 3.69. The number of aryl methyl sites for hydroxylation is 2. The van der Waals surface area contributed by atoms with Crippen LogP contribution < -0.4 is 0 Å². The van der Waals surface area contributed by atoms with Crippen LogP contribution in [0.5, 0.6) is 0 Å². The number of hydrogen-bond donors (Lipinski definition) is 0. The third kappa shape index (κ3) is 2.46. The maximum atomic E-state index is 5.43. The van der Waals surface area contributed by atoms with Crippen molar-refractivity contribution in [2.24, 2.45) is 0 Å². The quantitative estimate of drug-likeness (QED) is 0.806. The molecule has 0 aliphatic carbocycles. The molecule has 5 nitrogen and oxygen atoms in total. The van der Waals surface area contributed by atoms with Crippen LogP contribution in [0.15, 0.2) is 31.1 Å². The van der Waals surface area contributed by atoms with E-state index >= 15 is 0 Å². The molecule has 0 saturated carbocycles. The molecule has 3 rings (SSSR count). The van der Waals surface area contributed by atoms with Gasteiger partial charge in [-0.15, -0.1) is 0 Å². The van der Waals surface area contributed by atoms with Crippen LogP contribution in [-0.2, 0) is 17.8 Å². The van der Waals surface area contributed by atoms with Gasteiger partial charge in [0.1, 0.15) is 5.82 Å². The molecular formula is C13H18N4O. The first-order valence-corrected chi connectivity index (χ1v) is 6.48. The van der Waals surface area contributed by atoms with Crippen LogP contribution in [0.25, 0.3) is 0 Å². The van der Waals surface area contributed by atoms with Gasteiger partial charge in [0.25, 0.3) is 0 Å². The number of aromatic nitrogens is 4. The Morgan fingerprint density at radius 1 is 1.28 bits per heavy atom. The van der Waals surface area contributed by atoms with E-state index in [0.717, 1.165) is 39.1 Å². The summed E-state index contributed by atoms with van der Waals surface area (Å²) >= 11 is 0. The molecule has 1 atom stereocenters. The molecule has 0 aromatic carbocycles. The largest absolute Gasteiger partial charge is 0.381 e. The van der Waals surface area contributed by atoms with Gasteiger partial charge in [0.2, 0.25) is 0 Å². The van der Waals surface area contributed by atoms with Gasteiger partial charge in [-0.2, -0.15) is 0 Å². The third-order valence-electron chi connectivity index (χ3n) is 3.42. The highest BCUT2D eigenvalue weighted by Gasteiger charge is 2.21. The van der Waals surface area contributed by atoms with Crippen LogP contribution in [0.3, 0.4) is 0 Å². The summed E-state index contributed by atoms with van der Waals surface area (Å²) in [6, 6.07) is 0. The summed E-state index contributed by atoms with van der Waals surface area (Å²) in [6.07, 6.45) is 11.8. The van der Waals surface area contributed by atoms with E-state index in [9.17, 15) is 0 Å². The highest BCUT2D eigenvalue weighted by Crippen LogP contribution is 2.23. The SMILES string of the molecule is c1cn(CCCn2ccnc2[C@H]2CCOC2)cn1. The molecule has 0 bridgehead atoms. The Morgan fingerprint density at radius 3 is 3.06 bits per heavy atom. The molecule has 3 heterocycles. The van der Waals surface area contributed by atoms with Crippen LogP contribution in [0.4, 0.5) is 0 Å². The van der Waals surface area contributed by atoms with E-state index < -0.39 is 0 Å². The molecule has 96 valence electrons.